The van der Waals surface area contributed by atoms with Crippen molar-refractivity contribution < 1.29 is 0 Å². The van der Waals surface area contributed by atoms with E-state index in [2.05, 4.69) is 365 Å². The zero-order valence-electron chi connectivity index (χ0n) is 60.0. The first-order valence-corrected chi connectivity index (χ1v) is 36.0. The summed E-state index contributed by atoms with van der Waals surface area (Å²) in [6.45, 7) is 33.2. The van der Waals surface area contributed by atoms with Gasteiger partial charge in [-0.05, 0) is 219 Å². The normalized spacial score (nSPS) is 16.2. The molecule has 486 valence electrons. The number of fused-ring (bicyclic) bond motifs is 12. The molecule has 4 heterocycles. The number of nitrogens with zero attached hydrogens (tertiary/aromatic N) is 4. The van der Waals surface area contributed by atoms with Crippen LogP contribution in [0, 0.1) is 0 Å². The second-order valence-electron chi connectivity index (χ2n) is 34.1. The number of para-hydroxylation sites is 2. The van der Waals surface area contributed by atoms with Gasteiger partial charge in [0, 0.05) is 61.4 Å². The van der Waals surface area contributed by atoms with Gasteiger partial charge in [-0.15, -0.1) is 0 Å². The van der Waals surface area contributed by atoms with Gasteiger partial charge in [-0.2, -0.15) is 0 Å². The van der Waals surface area contributed by atoms with Crippen LogP contribution >= 0.6 is 0 Å². The molecule has 0 radical (unpaired) electrons. The van der Waals surface area contributed by atoms with Gasteiger partial charge in [0.2, 0.25) is 0 Å². The lowest BCUT2D eigenvalue weighted by molar-refractivity contribution is 0.402. The van der Waals surface area contributed by atoms with Gasteiger partial charge in [-0.25, -0.2) is 0 Å². The molecule has 5 heteroatoms. The summed E-state index contributed by atoms with van der Waals surface area (Å²) >= 11 is 0. The molecule has 0 saturated carbocycles. The monoisotopic (exact) mass is 1280 g/mol. The predicted molar refractivity (Wildman–Crippen MR) is 424 cm³/mol. The molecule has 0 saturated heterocycles. The Balaban J connectivity index is 0.931. The molecule has 0 atom stereocenters. The van der Waals surface area contributed by atoms with E-state index in [-0.39, 0.29) is 39.2 Å². The van der Waals surface area contributed by atoms with Gasteiger partial charge < -0.3 is 18.9 Å². The summed E-state index contributed by atoms with van der Waals surface area (Å²) in [6, 6.07) is 96.8. The van der Waals surface area contributed by atoms with Crippen LogP contribution in [0.25, 0.3) is 88.4 Å². The molecule has 2 aromatic heterocycles. The summed E-state index contributed by atoms with van der Waals surface area (Å²) in [6.07, 6.45) is 2.26. The smallest absolute Gasteiger partial charge is 0.252 e. The maximum atomic E-state index is 2.64. The quantitative estimate of drug-likeness (QED) is 0.148. The van der Waals surface area contributed by atoms with Gasteiger partial charge in [0.15, 0.2) is 0 Å². The van der Waals surface area contributed by atoms with Crippen LogP contribution in [-0.2, 0) is 32.5 Å². The van der Waals surface area contributed by atoms with Crippen LogP contribution in [0.2, 0.25) is 0 Å². The first kappa shape index (κ1) is 61.3. The molecule has 4 aliphatic rings. The Bertz CT molecular complexity index is 5570. The van der Waals surface area contributed by atoms with Crippen LogP contribution in [0.4, 0.5) is 34.1 Å². The summed E-state index contributed by atoms with van der Waals surface area (Å²) in [5.41, 5.74) is 33.8. The van der Waals surface area contributed by atoms with Gasteiger partial charge in [0.05, 0.1) is 27.8 Å². The minimum absolute atomic E-state index is 0.0529. The van der Waals surface area contributed by atoms with Crippen LogP contribution in [0.1, 0.15) is 143 Å². The molecule has 99 heavy (non-hydrogen) atoms. The van der Waals surface area contributed by atoms with Gasteiger partial charge in [0.1, 0.15) is 0 Å². The van der Waals surface area contributed by atoms with Crippen molar-refractivity contribution in [2.75, 3.05) is 9.80 Å². The van der Waals surface area contributed by atoms with Gasteiger partial charge in [-0.1, -0.05) is 255 Å². The fourth-order valence-corrected chi connectivity index (χ4v) is 19.0. The summed E-state index contributed by atoms with van der Waals surface area (Å²) in [7, 11) is 0. The van der Waals surface area contributed by atoms with Crippen molar-refractivity contribution in [1.82, 2.24) is 9.13 Å². The topological polar surface area (TPSA) is 16.3 Å². The maximum absolute atomic E-state index is 2.64. The van der Waals surface area contributed by atoms with E-state index in [1.807, 2.05) is 0 Å². The molecule has 0 unspecified atom stereocenters. The molecule has 18 rings (SSSR count). The summed E-state index contributed by atoms with van der Waals surface area (Å²) in [5, 5.41) is 5.03. The molecule has 0 fully saturated rings. The fourth-order valence-electron chi connectivity index (χ4n) is 19.0. The lowest BCUT2D eigenvalue weighted by Crippen LogP contribution is -2.61. The highest BCUT2D eigenvalue weighted by molar-refractivity contribution is 7.00. The van der Waals surface area contributed by atoms with E-state index in [4.69, 9.17) is 0 Å². The van der Waals surface area contributed by atoms with E-state index in [9.17, 15) is 0 Å². The van der Waals surface area contributed by atoms with E-state index in [1.165, 1.54) is 132 Å². The van der Waals surface area contributed by atoms with Crippen molar-refractivity contribution in [2.24, 2.45) is 0 Å². The van der Waals surface area contributed by atoms with Gasteiger partial charge in [0.25, 0.3) is 6.71 Å². The summed E-state index contributed by atoms with van der Waals surface area (Å²) in [4.78, 5) is 5.25. The van der Waals surface area contributed by atoms with Crippen molar-refractivity contribution in [2.45, 2.75) is 142 Å². The zero-order valence-corrected chi connectivity index (χ0v) is 60.0. The first-order chi connectivity index (χ1) is 47.3. The fraction of sp³-hybridized carbons (Fsp3) is 0.234. The highest BCUT2D eigenvalue weighted by Crippen LogP contribution is 2.54. The lowest BCUT2D eigenvalue weighted by atomic mass is 9.33. The highest BCUT2D eigenvalue weighted by Gasteiger charge is 2.46. The van der Waals surface area contributed by atoms with E-state index in [1.54, 1.807) is 0 Å². The van der Waals surface area contributed by atoms with Crippen LogP contribution in [0.3, 0.4) is 0 Å². The minimum Gasteiger partial charge on any atom is -0.311 e. The molecular formula is C94H87BN4. The Morgan fingerprint density at radius 1 is 0.283 bits per heavy atom. The van der Waals surface area contributed by atoms with Crippen molar-refractivity contribution >= 4 is 101 Å². The molecule has 4 nitrogen and oxygen atoms in total. The average Bonchev–Trinajstić information content (AvgIpc) is 1.36. The first-order valence-electron chi connectivity index (χ1n) is 36.0. The Morgan fingerprint density at radius 2 is 0.677 bits per heavy atom. The van der Waals surface area contributed by atoms with Crippen LogP contribution < -0.4 is 26.2 Å². The second-order valence-corrected chi connectivity index (χ2v) is 34.1. The van der Waals surface area contributed by atoms with E-state index in [0.29, 0.717) is 0 Å². The average molecular weight is 1280 g/mol. The summed E-state index contributed by atoms with van der Waals surface area (Å²) in [5.74, 6) is 0. The van der Waals surface area contributed by atoms with E-state index >= 15 is 0 Å². The van der Waals surface area contributed by atoms with Crippen molar-refractivity contribution in [3.05, 3.63) is 282 Å². The predicted octanol–water partition coefficient (Wildman–Crippen LogP) is 23.5. The third-order valence-corrected chi connectivity index (χ3v) is 23.4. The van der Waals surface area contributed by atoms with Crippen LogP contribution in [0.15, 0.2) is 249 Å². The molecule has 12 aromatic carbocycles. The number of hydrogen-bond donors (Lipinski definition) is 0. The SMILES string of the molecule is CC(C)(C)c1ccc2c(c1)c1cc(C(C)(C)C)ccc1n2-c1cc2c3c(c1)N(c1ccc(-c4ccc5c(c4)C(C)(C)CC5(C)C)cc1)c1cc(-n4c5ccccc5c5ccccc54)ccc1B3c1cc(-c3ccccc3)ccc1N2c1ccc(-c2ccc3c(c2)C(C)(C)CC3(C)C)cc1. The van der Waals surface area contributed by atoms with Crippen molar-refractivity contribution in [1.29, 1.82) is 0 Å². The number of aromatic nitrogens is 2. The third kappa shape index (κ3) is 9.46. The standard InChI is InChI=1S/C94H87BN4/c1-89(2,3)64-35-46-82-72(51-64)73-52-65(90(4,5)6)36-47-83(73)99(82)69-54-86-88-87(55-69)97(67-39-30-60(31-40-67)62-33-43-75-77(49-62)94(13,14)57-92(75,9)10)85-53-68(98-80-26-20-18-24-70(80)71-25-19-21-27-81(71)98)41-44-78(85)95(88)79-50-63(58-22-16-15-17-23-58)34-45-84(79)96(86)66-37-28-59(29-38-66)61-32-42-74-76(48-61)93(11,12)56-91(74,7)8/h15-55H,56-57H2,1-14H3. The molecule has 14 aromatic rings. The zero-order chi connectivity index (χ0) is 68.2. The molecule has 0 N–H and O–H groups in total. The van der Waals surface area contributed by atoms with Gasteiger partial charge >= 0.3 is 0 Å². The van der Waals surface area contributed by atoms with Crippen LogP contribution in [0.5, 0.6) is 0 Å². The molecule has 0 bridgehead atoms. The van der Waals surface area contributed by atoms with Crippen LogP contribution in [-0.4, -0.2) is 15.8 Å². The molecular weight excluding hydrogens is 1200 g/mol. The van der Waals surface area contributed by atoms with Gasteiger partial charge in [-0.3, -0.25) is 0 Å². The molecule has 2 aliphatic heterocycles. The van der Waals surface area contributed by atoms with Crippen molar-refractivity contribution in [3.8, 4) is 44.8 Å². The maximum Gasteiger partial charge on any atom is 0.252 e. The number of hydrogen-bond acceptors (Lipinski definition) is 2. The summed E-state index contributed by atoms with van der Waals surface area (Å²) < 4.78 is 5.08. The second kappa shape index (κ2) is 21.2. The Kier molecular flexibility index (Phi) is 13.1. The van der Waals surface area contributed by atoms with E-state index < -0.39 is 0 Å². The Hall–Kier alpha value is -10.1. The molecule has 0 amide bonds. The third-order valence-electron chi connectivity index (χ3n) is 23.4. The Morgan fingerprint density at radius 3 is 1.18 bits per heavy atom. The number of rotatable bonds is 7. The van der Waals surface area contributed by atoms with E-state index in [0.717, 1.165) is 52.7 Å². The number of benzene rings is 12. The Labute approximate surface area is 585 Å². The number of anilines is 6. The molecule has 2 aliphatic carbocycles. The molecule has 0 spiro atoms. The minimum atomic E-state index is -0.157. The lowest BCUT2D eigenvalue weighted by Gasteiger charge is -2.44. The highest BCUT2D eigenvalue weighted by atomic mass is 15.2. The largest absolute Gasteiger partial charge is 0.311 e. The van der Waals surface area contributed by atoms with Crippen molar-refractivity contribution in [3.63, 3.8) is 0 Å².